The molecule has 1 atom stereocenters. The number of rotatable bonds is 8. The summed E-state index contributed by atoms with van der Waals surface area (Å²) in [6, 6.07) is 16.1. The zero-order valence-electron chi connectivity index (χ0n) is 17.6. The highest BCUT2D eigenvalue weighted by atomic mass is 19.1. The first-order valence-electron chi connectivity index (χ1n) is 9.77. The summed E-state index contributed by atoms with van der Waals surface area (Å²) >= 11 is 0. The molecule has 166 valence electrons. The minimum atomic E-state index is -1.17. The van der Waals surface area contributed by atoms with Crippen LogP contribution in [0, 0.1) is 5.82 Å². The Bertz CT molecular complexity index is 1060. The molecule has 0 aromatic heterocycles. The maximum atomic E-state index is 13.0. The van der Waals surface area contributed by atoms with Gasteiger partial charge in [0, 0.05) is 12.1 Å². The average molecular weight is 438 g/mol. The number of carboxylic acid groups (broad SMARTS) is 1. The second kappa shape index (κ2) is 10.3. The number of hydrogen-bond acceptors (Lipinski definition) is 4. The van der Waals surface area contributed by atoms with E-state index in [1.54, 1.807) is 26.4 Å². The van der Waals surface area contributed by atoms with E-state index in [0.717, 1.165) is 16.7 Å². The maximum Gasteiger partial charge on any atom is 0.326 e. The van der Waals surface area contributed by atoms with Crippen molar-refractivity contribution in [2.45, 2.75) is 12.5 Å². The third-order valence-corrected chi connectivity index (χ3v) is 4.82. The number of nitrogens with one attached hydrogen (secondary N) is 2. The number of carbonyl (C=O) groups is 2. The van der Waals surface area contributed by atoms with Crippen molar-refractivity contribution in [3.8, 4) is 22.6 Å². The largest absolute Gasteiger partial charge is 0.496 e. The summed E-state index contributed by atoms with van der Waals surface area (Å²) in [5.74, 6) is -0.303. The van der Waals surface area contributed by atoms with Crippen molar-refractivity contribution >= 4 is 17.7 Å². The Morgan fingerprint density at radius 2 is 1.53 bits per heavy atom. The molecule has 3 N–H and O–H groups in total. The van der Waals surface area contributed by atoms with Gasteiger partial charge in [0.2, 0.25) is 0 Å². The summed E-state index contributed by atoms with van der Waals surface area (Å²) < 4.78 is 23.9. The fourth-order valence-electron chi connectivity index (χ4n) is 3.24. The fraction of sp³-hybridized carbons (Fsp3) is 0.167. The van der Waals surface area contributed by atoms with Crippen molar-refractivity contribution in [2.75, 3.05) is 19.5 Å². The van der Waals surface area contributed by atoms with Crippen LogP contribution in [0.15, 0.2) is 66.7 Å². The molecule has 2 amide bonds. The summed E-state index contributed by atoms with van der Waals surface area (Å²) in [7, 11) is 3.15. The molecule has 3 rings (SSSR count). The number of halogens is 1. The lowest BCUT2D eigenvalue weighted by Gasteiger charge is -2.16. The molecular weight excluding hydrogens is 415 g/mol. The van der Waals surface area contributed by atoms with Gasteiger partial charge in [-0.2, -0.15) is 0 Å². The Morgan fingerprint density at radius 3 is 2.06 bits per heavy atom. The van der Waals surface area contributed by atoms with E-state index < -0.39 is 23.9 Å². The van der Waals surface area contributed by atoms with Crippen molar-refractivity contribution in [3.05, 3.63) is 78.1 Å². The SMILES string of the molecule is COc1cccc(OC)c1-c1ccc(C[C@H](NC(=O)Nc2ccc(F)cc2)C(=O)O)cc1. The van der Waals surface area contributed by atoms with Crippen molar-refractivity contribution in [1.29, 1.82) is 0 Å². The monoisotopic (exact) mass is 438 g/mol. The number of amides is 2. The molecule has 0 aliphatic heterocycles. The lowest BCUT2D eigenvalue weighted by Crippen LogP contribution is -2.44. The normalized spacial score (nSPS) is 11.3. The number of aliphatic carboxylic acids is 1. The molecule has 0 saturated carbocycles. The van der Waals surface area contributed by atoms with Gasteiger partial charge in [-0.05, 0) is 47.5 Å². The number of methoxy groups -OCH3 is 2. The summed E-state index contributed by atoms with van der Waals surface area (Å²) in [5, 5.41) is 14.4. The number of hydrogen-bond donors (Lipinski definition) is 3. The number of carbonyl (C=O) groups excluding carboxylic acids is 1. The maximum absolute atomic E-state index is 13.0. The number of carboxylic acids is 1. The average Bonchev–Trinajstić information content (AvgIpc) is 2.80. The molecule has 7 nitrogen and oxygen atoms in total. The lowest BCUT2D eigenvalue weighted by atomic mass is 9.99. The lowest BCUT2D eigenvalue weighted by molar-refractivity contribution is -0.139. The molecule has 0 fully saturated rings. The molecule has 3 aromatic rings. The number of ether oxygens (including phenoxy) is 2. The van der Waals surface area contributed by atoms with Gasteiger partial charge in [0.05, 0.1) is 19.8 Å². The van der Waals surface area contributed by atoms with E-state index in [4.69, 9.17) is 9.47 Å². The Kier molecular flexibility index (Phi) is 7.28. The van der Waals surface area contributed by atoms with Crippen LogP contribution in [-0.4, -0.2) is 37.4 Å². The van der Waals surface area contributed by atoms with Crippen LogP contribution in [0.25, 0.3) is 11.1 Å². The fourth-order valence-corrected chi connectivity index (χ4v) is 3.24. The van der Waals surface area contributed by atoms with E-state index in [0.29, 0.717) is 17.2 Å². The zero-order valence-corrected chi connectivity index (χ0v) is 17.6. The first-order chi connectivity index (χ1) is 15.4. The molecule has 3 aromatic carbocycles. The highest BCUT2D eigenvalue weighted by Gasteiger charge is 2.21. The van der Waals surface area contributed by atoms with E-state index in [1.165, 1.54) is 24.3 Å². The van der Waals surface area contributed by atoms with Crippen molar-refractivity contribution < 1.29 is 28.6 Å². The minimum Gasteiger partial charge on any atom is -0.496 e. The van der Waals surface area contributed by atoms with E-state index in [-0.39, 0.29) is 6.42 Å². The Hall–Kier alpha value is -4.07. The molecule has 0 aliphatic carbocycles. The van der Waals surface area contributed by atoms with Gasteiger partial charge in [-0.25, -0.2) is 14.0 Å². The molecule has 0 radical (unpaired) electrons. The third kappa shape index (κ3) is 5.54. The molecule has 0 bridgehead atoms. The quantitative estimate of drug-likeness (QED) is 0.487. The summed E-state index contributed by atoms with van der Waals surface area (Å²) in [6.07, 6.45) is 0.0789. The van der Waals surface area contributed by atoms with Gasteiger partial charge >= 0.3 is 12.0 Å². The van der Waals surface area contributed by atoms with Crippen LogP contribution in [0.1, 0.15) is 5.56 Å². The Labute approximate surface area is 184 Å². The highest BCUT2D eigenvalue weighted by molar-refractivity contribution is 5.92. The predicted molar refractivity (Wildman–Crippen MR) is 119 cm³/mol. The molecule has 0 aliphatic rings. The standard InChI is InChI=1S/C24H23FN2O5/c1-31-20-4-3-5-21(32-2)22(20)16-8-6-15(7-9-16)14-19(23(28)29)27-24(30)26-18-12-10-17(25)11-13-18/h3-13,19H,14H2,1-2H3,(H,28,29)(H2,26,27,30)/t19-/m0/s1. The van der Waals surface area contributed by atoms with Gasteiger partial charge in [0.25, 0.3) is 0 Å². The third-order valence-electron chi connectivity index (χ3n) is 4.82. The molecule has 0 spiro atoms. The van der Waals surface area contributed by atoms with Crippen LogP contribution in [0.3, 0.4) is 0 Å². The van der Waals surface area contributed by atoms with E-state index in [9.17, 15) is 19.1 Å². The van der Waals surface area contributed by atoms with E-state index >= 15 is 0 Å². The molecule has 8 heteroatoms. The first kappa shape index (κ1) is 22.6. The number of anilines is 1. The first-order valence-corrected chi connectivity index (χ1v) is 9.77. The second-order valence-corrected chi connectivity index (χ2v) is 6.93. The molecule has 32 heavy (non-hydrogen) atoms. The van der Waals surface area contributed by atoms with Gasteiger partial charge in [-0.15, -0.1) is 0 Å². The smallest absolute Gasteiger partial charge is 0.326 e. The molecule has 0 unspecified atom stereocenters. The van der Waals surface area contributed by atoms with Crippen LogP contribution in [0.4, 0.5) is 14.9 Å². The van der Waals surface area contributed by atoms with Gasteiger partial charge < -0.3 is 25.2 Å². The summed E-state index contributed by atoms with van der Waals surface area (Å²) in [6.45, 7) is 0. The number of urea groups is 1. The van der Waals surface area contributed by atoms with Crippen LogP contribution >= 0.6 is 0 Å². The second-order valence-electron chi connectivity index (χ2n) is 6.93. The van der Waals surface area contributed by atoms with Crippen molar-refractivity contribution in [1.82, 2.24) is 5.32 Å². The van der Waals surface area contributed by atoms with Crippen molar-refractivity contribution in [2.24, 2.45) is 0 Å². The van der Waals surface area contributed by atoms with E-state index in [2.05, 4.69) is 10.6 Å². The van der Waals surface area contributed by atoms with E-state index in [1.807, 2.05) is 30.3 Å². The Morgan fingerprint density at radius 1 is 0.938 bits per heavy atom. The summed E-state index contributed by atoms with van der Waals surface area (Å²) in [5.41, 5.74) is 2.70. The predicted octanol–water partition coefficient (Wildman–Crippen LogP) is 4.33. The summed E-state index contributed by atoms with van der Waals surface area (Å²) in [4.78, 5) is 23.8. The zero-order chi connectivity index (χ0) is 23.1. The highest BCUT2D eigenvalue weighted by Crippen LogP contribution is 2.38. The van der Waals surface area contributed by atoms with Crippen molar-refractivity contribution in [3.63, 3.8) is 0 Å². The van der Waals surface area contributed by atoms with Gasteiger partial charge in [-0.3, -0.25) is 0 Å². The van der Waals surface area contributed by atoms with Gasteiger partial charge in [0.15, 0.2) is 0 Å². The number of benzene rings is 3. The minimum absolute atomic E-state index is 0.0789. The van der Waals surface area contributed by atoms with Crippen LogP contribution < -0.4 is 20.1 Å². The molecular formula is C24H23FN2O5. The molecule has 0 saturated heterocycles. The van der Waals surface area contributed by atoms with Crippen LogP contribution in [0.5, 0.6) is 11.5 Å². The van der Waals surface area contributed by atoms with Gasteiger partial charge in [-0.1, -0.05) is 30.3 Å². The molecule has 0 heterocycles. The van der Waals surface area contributed by atoms with Crippen LogP contribution in [0.2, 0.25) is 0 Å². The van der Waals surface area contributed by atoms with Crippen LogP contribution in [-0.2, 0) is 11.2 Å². The topological polar surface area (TPSA) is 96.9 Å². The Balaban J connectivity index is 1.72. The van der Waals surface area contributed by atoms with Gasteiger partial charge in [0.1, 0.15) is 23.4 Å².